The first-order valence-corrected chi connectivity index (χ1v) is 5.45. The molecule has 0 fully saturated rings. The van der Waals surface area contributed by atoms with Gasteiger partial charge in [-0.05, 0) is 17.2 Å². The van der Waals surface area contributed by atoms with Crippen molar-refractivity contribution < 1.29 is 19.1 Å². The highest BCUT2D eigenvalue weighted by Gasteiger charge is 2.03. The molecule has 0 heterocycles. The molecule has 4 N–H and O–H groups in total. The third-order valence-corrected chi connectivity index (χ3v) is 2.12. The van der Waals surface area contributed by atoms with Crippen molar-refractivity contribution in [2.24, 2.45) is 11.5 Å². The van der Waals surface area contributed by atoms with Gasteiger partial charge in [0, 0.05) is 0 Å². The molecule has 0 saturated carbocycles. The van der Waals surface area contributed by atoms with Crippen molar-refractivity contribution >= 4 is 11.9 Å². The van der Waals surface area contributed by atoms with Gasteiger partial charge in [-0.1, -0.05) is 18.2 Å². The molecular weight excluding hydrogens is 236 g/mol. The zero-order valence-electron chi connectivity index (χ0n) is 9.93. The van der Waals surface area contributed by atoms with Gasteiger partial charge in [0.25, 0.3) is 0 Å². The molecule has 18 heavy (non-hydrogen) atoms. The molecule has 0 bridgehead atoms. The van der Waals surface area contributed by atoms with E-state index in [0.29, 0.717) is 0 Å². The minimum Gasteiger partial charge on any atom is -0.460 e. The van der Waals surface area contributed by atoms with Crippen molar-refractivity contribution in [1.82, 2.24) is 0 Å². The summed E-state index contributed by atoms with van der Waals surface area (Å²) in [6, 6.07) is 7.18. The van der Waals surface area contributed by atoms with E-state index in [0.717, 1.165) is 11.1 Å². The van der Waals surface area contributed by atoms with Gasteiger partial charge in [0.15, 0.2) is 0 Å². The number of ether oxygens (including phenoxy) is 2. The quantitative estimate of drug-likeness (QED) is 0.673. The molecule has 0 unspecified atom stereocenters. The van der Waals surface area contributed by atoms with Gasteiger partial charge in [-0.15, -0.1) is 0 Å². The fourth-order valence-corrected chi connectivity index (χ4v) is 1.25. The van der Waals surface area contributed by atoms with E-state index in [-0.39, 0.29) is 26.3 Å². The van der Waals surface area contributed by atoms with Crippen LogP contribution in [0.2, 0.25) is 0 Å². The van der Waals surface area contributed by atoms with E-state index in [2.05, 4.69) is 0 Å². The number of esters is 2. The van der Waals surface area contributed by atoms with E-state index in [9.17, 15) is 9.59 Å². The lowest BCUT2D eigenvalue weighted by atomic mass is 10.1. The molecule has 1 rings (SSSR count). The monoisotopic (exact) mass is 252 g/mol. The number of benzene rings is 1. The van der Waals surface area contributed by atoms with Crippen molar-refractivity contribution in [1.29, 1.82) is 0 Å². The van der Waals surface area contributed by atoms with Gasteiger partial charge in [-0.3, -0.25) is 9.59 Å². The molecule has 0 aliphatic rings. The van der Waals surface area contributed by atoms with E-state index in [1.54, 1.807) is 24.3 Å². The Bertz CT molecular complexity index is 385. The summed E-state index contributed by atoms with van der Waals surface area (Å²) in [4.78, 5) is 21.8. The predicted octanol–water partition coefficient (Wildman–Crippen LogP) is -0.310. The van der Waals surface area contributed by atoms with Crippen LogP contribution in [-0.4, -0.2) is 25.0 Å². The molecule has 0 aliphatic carbocycles. The SMILES string of the molecule is NCC(=O)OCc1cccc(COC(=O)CN)c1. The number of nitrogens with two attached hydrogens (primary N) is 2. The molecule has 0 aliphatic heterocycles. The van der Waals surface area contributed by atoms with Crippen LogP contribution in [0, 0.1) is 0 Å². The van der Waals surface area contributed by atoms with Crippen LogP contribution in [0.15, 0.2) is 24.3 Å². The highest BCUT2D eigenvalue weighted by atomic mass is 16.5. The smallest absolute Gasteiger partial charge is 0.320 e. The Morgan fingerprint density at radius 1 is 0.944 bits per heavy atom. The Labute approximate surface area is 105 Å². The second-order valence-corrected chi connectivity index (χ2v) is 3.55. The molecule has 0 atom stereocenters. The van der Waals surface area contributed by atoms with Gasteiger partial charge in [0.2, 0.25) is 0 Å². The summed E-state index contributed by atoms with van der Waals surface area (Å²) < 4.78 is 9.77. The number of rotatable bonds is 6. The molecule has 6 nitrogen and oxygen atoms in total. The second-order valence-electron chi connectivity index (χ2n) is 3.55. The topological polar surface area (TPSA) is 105 Å². The molecule has 0 spiro atoms. The highest BCUT2D eigenvalue weighted by molar-refractivity contribution is 5.71. The van der Waals surface area contributed by atoms with E-state index >= 15 is 0 Å². The lowest BCUT2D eigenvalue weighted by Crippen LogP contribution is -2.17. The molecule has 0 amide bonds. The van der Waals surface area contributed by atoms with Crippen LogP contribution in [-0.2, 0) is 32.3 Å². The van der Waals surface area contributed by atoms with Gasteiger partial charge >= 0.3 is 11.9 Å². The first-order chi connectivity index (χ1) is 8.65. The van der Waals surface area contributed by atoms with E-state index < -0.39 is 11.9 Å². The lowest BCUT2D eigenvalue weighted by Gasteiger charge is -2.07. The summed E-state index contributed by atoms with van der Waals surface area (Å²) in [7, 11) is 0. The van der Waals surface area contributed by atoms with Crippen LogP contribution < -0.4 is 11.5 Å². The molecule has 0 aromatic heterocycles. The fourth-order valence-electron chi connectivity index (χ4n) is 1.25. The van der Waals surface area contributed by atoms with Crippen LogP contribution in [0.4, 0.5) is 0 Å². The Morgan fingerprint density at radius 2 is 1.39 bits per heavy atom. The first kappa shape index (κ1) is 14.1. The maximum absolute atomic E-state index is 10.9. The minimum absolute atomic E-state index is 0.145. The molecule has 1 aromatic rings. The maximum atomic E-state index is 10.9. The Balaban J connectivity index is 2.51. The predicted molar refractivity (Wildman–Crippen MR) is 64.1 cm³/mol. The second kappa shape index (κ2) is 7.41. The molecule has 6 heteroatoms. The van der Waals surface area contributed by atoms with Crippen LogP contribution in [0.3, 0.4) is 0 Å². The fraction of sp³-hybridized carbons (Fsp3) is 0.333. The van der Waals surface area contributed by atoms with Crippen molar-refractivity contribution in [2.45, 2.75) is 13.2 Å². The number of hydrogen-bond donors (Lipinski definition) is 2. The number of carbonyl (C=O) groups excluding carboxylic acids is 2. The average molecular weight is 252 g/mol. The number of hydrogen-bond acceptors (Lipinski definition) is 6. The van der Waals surface area contributed by atoms with Crippen molar-refractivity contribution in [3.8, 4) is 0 Å². The molecular formula is C12H16N2O4. The normalized spacial score (nSPS) is 9.89. The Morgan fingerprint density at radius 3 is 1.78 bits per heavy atom. The van der Waals surface area contributed by atoms with E-state index in [1.807, 2.05) is 0 Å². The summed E-state index contributed by atoms with van der Waals surface area (Å²) in [6.07, 6.45) is 0. The summed E-state index contributed by atoms with van der Waals surface area (Å²) in [6.45, 7) is 0.00498. The molecule has 98 valence electrons. The van der Waals surface area contributed by atoms with Crippen LogP contribution in [0.5, 0.6) is 0 Å². The Kier molecular flexibility index (Phi) is 5.83. The van der Waals surface area contributed by atoms with Crippen LogP contribution in [0.25, 0.3) is 0 Å². The van der Waals surface area contributed by atoms with Gasteiger partial charge in [0.05, 0.1) is 13.1 Å². The van der Waals surface area contributed by atoms with Crippen molar-refractivity contribution in [2.75, 3.05) is 13.1 Å². The summed E-state index contributed by atoms with van der Waals surface area (Å²) >= 11 is 0. The average Bonchev–Trinajstić information content (AvgIpc) is 2.42. The molecule has 0 saturated heterocycles. The van der Waals surface area contributed by atoms with Crippen LogP contribution in [0.1, 0.15) is 11.1 Å². The summed E-state index contributed by atoms with van der Waals surface area (Å²) in [5.74, 6) is -0.926. The van der Waals surface area contributed by atoms with Crippen molar-refractivity contribution in [3.05, 3.63) is 35.4 Å². The van der Waals surface area contributed by atoms with Crippen LogP contribution >= 0.6 is 0 Å². The van der Waals surface area contributed by atoms with Crippen molar-refractivity contribution in [3.63, 3.8) is 0 Å². The van der Waals surface area contributed by atoms with Gasteiger partial charge in [-0.2, -0.15) is 0 Å². The molecule has 0 radical (unpaired) electrons. The largest absolute Gasteiger partial charge is 0.460 e. The zero-order valence-corrected chi connectivity index (χ0v) is 9.93. The Hall–Kier alpha value is -1.92. The first-order valence-electron chi connectivity index (χ1n) is 5.45. The third kappa shape index (κ3) is 4.94. The third-order valence-electron chi connectivity index (χ3n) is 2.12. The summed E-state index contributed by atoms with van der Waals surface area (Å²) in [5.41, 5.74) is 11.8. The minimum atomic E-state index is -0.463. The lowest BCUT2D eigenvalue weighted by molar-refractivity contribution is -0.143. The molecule has 1 aromatic carbocycles. The standard InChI is InChI=1S/C12H16N2O4/c13-5-11(15)17-7-9-2-1-3-10(4-9)8-18-12(16)6-14/h1-4H,5-8,13-14H2. The maximum Gasteiger partial charge on any atom is 0.320 e. The van der Waals surface area contributed by atoms with Gasteiger partial charge < -0.3 is 20.9 Å². The van der Waals surface area contributed by atoms with E-state index in [1.165, 1.54) is 0 Å². The van der Waals surface area contributed by atoms with Gasteiger partial charge in [-0.25, -0.2) is 0 Å². The van der Waals surface area contributed by atoms with Gasteiger partial charge in [0.1, 0.15) is 13.2 Å². The summed E-state index contributed by atoms with van der Waals surface area (Å²) in [5, 5.41) is 0. The highest BCUT2D eigenvalue weighted by Crippen LogP contribution is 2.08. The zero-order chi connectivity index (χ0) is 13.4. The van der Waals surface area contributed by atoms with E-state index in [4.69, 9.17) is 20.9 Å². The number of carbonyl (C=O) groups is 2.